The van der Waals surface area contributed by atoms with E-state index < -0.39 is 24.8 Å². The summed E-state index contributed by atoms with van der Waals surface area (Å²) in [4.78, 5) is 0. The Kier molecular flexibility index (Phi) is 12.5. The van der Waals surface area contributed by atoms with Crippen molar-refractivity contribution < 1.29 is 39.4 Å². The van der Waals surface area contributed by atoms with E-state index in [0.29, 0.717) is 23.7 Å². The first-order valence-electron chi connectivity index (χ1n) is 16.5. The average molecular weight is 659 g/mol. The highest BCUT2D eigenvalue weighted by molar-refractivity contribution is 5.43. The van der Waals surface area contributed by atoms with Gasteiger partial charge in [0.1, 0.15) is 36.2 Å². The summed E-state index contributed by atoms with van der Waals surface area (Å²) in [6.07, 6.45) is -2.67. The lowest BCUT2D eigenvalue weighted by Gasteiger charge is -2.27. The van der Waals surface area contributed by atoms with Crippen molar-refractivity contribution in [3.63, 3.8) is 0 Å². The zero-order chi connectivity index (χ0) is 34.9. The van der Waals surface area contributed by atoms with Gasteiger partial charge in [0, 0.05) is 17.3 Å². The van der Waals surface area contributed by atoms with E-state index in [-0.39, 0.29) is 30.5 Å². The lowest BCUT2D eigenvalue weighted by molar-refractivity contribution is -0.0347. The van der Waals surface area contributed by atoms with Crippen molar-refractivity contribution in [1.82, 2.24) is 0 Å². The molecule has 8 nitrogen and oxygen atoms in total. The summed E-state index contributed by atoms with van der Waals surface area (Å²) in [7, 11) is 0. The molecular weight excluding hydrogens is 608 g/mol. The number of hydrogen-bond acceptors (Lipinski definition) is 8. The van der Waals surface area contributed by atoms with Crippen LogP contribution in [0.25, 0.3) is 0 Å². The highest BCUT2D eigenvalue weighted by Crippen LogP contribution is 2.35. The Morgan fingerprint density at radius 1 is 0.479 bits per heavy atom. The summed E-state index contributed by atoms with van der Waals surface area (Å²) in [6, 6.07) is 31.0. The minimum atomic E-state index is -1.07. The molecule has 0 aromatic heterocycles. The van der Waals surface area contributed by atoms with E-state index in [1.165, 1.54) is 0 Å². The predicted molar refractivity (Wildman–Crippen MR) is 187 cm³/mol. The smallest absolute Gasteiger partial charge is 0.197 e. The van der Waals surface area contributed by atoms with E-state index >= 15 is 0 Å². The molecule has 0 radical (unpaired) electrons. The molecule has 258 valence electrons. The Balaban J connectivity index is 1.21. The second-order valence-electron chi connectivity index (χ2n) is 13.3. The molecule has 0 aliphatic rings. The maximum atomic E-state index is 10.5. The third-order valence-electron chi connectivity index (χ3n) is 8.56. The third kappa shape index (κ3) is 10.2. The molecule has 0 heterocycles. The fourth-order valence-electron chi connectivity index (χ4n) is 5.41. The van der Waals surface area contributed by atoms with Crippen LogP contribution in [0.2, 0.25) is 0 Å². The Morgan fingerprint density at radius 3 is 1.21 bits per heavy atom. The zero-order valence-corrected chi connectivity index (χ0v) is 28.8. The van der Waals surface area contributed by atoms with Gasteiger partial charge in [0.25, 0.3) is 0 Å². The van der Waals surface area contributed by atoms with Gasteiger partial charge in [0.15, 0.2) is 12.6 Å². The molecule has 0 fully saturated rings. The molecule has 0 aliphatic heterocycles. The first-order valence-corrected chi connectivity index (χ1v) is 16.5. The largest absolute Gasteiger partial charge is 0.491 e. The van der Waals surface area contributed by atoms with Gasteiger partial charge >= 0.3 is 0 Å². The molecule has 8 heteroatoms. The standard InChI is InChI=1S/C40H50O8/c1-27(41)25-45-34-16-7-29(8-17-34)39(3,4)30-9-18-35(19-10-30)46-26-33(43)15-24-38(44)48-37-22-13-32(14-23-37)40(5,6)31-11-20-36(21-12-31)47-28(2)42/h7-14,16-23,27-28,33,38,41-44H,15,24-26H2,1-6H3. The molecular formula is C40H50O8. The summed E-state index contributed by atoms with van der Waals surface area (Å²) >= 11 is 0. The van der Waals surface area contributed by atoms with Crippen LogP contribution in [0.4, 0.5) is 0 Å². The Morgan fingerprint density at radius 2 is 0.833 bits per heavy atom. The highest BCUT2D eigenvalue weighted by Gasteiger charge is 2.25. The molecule has 0 spiro atoms. The summed E-state index contributed by atoms with van der Waals surface area (Å²) in [5.41, 5.74) is 3.87. The number of benzene rings is 4. The molecule has 0 bridgehead atoms. The van der Waals surface area contributed by atoms with E-state index in [2.05, 4.69) is 27.7 Å². The zero-order valence-electron chi connectivity index (χ0n) is 28.8. The number of hydrogen-bond donors (Lipinski definition) is 4. The SMILES string of the molecule is CC(O)COc1ccc(C(C)(C)c2ccc(OCC(O)CCC(O)Oc3ccc(C(C)(C)c4ccc(OC(C)O)cc4)cc3)cc2)cc1. The maximum Gasteiger partial charge on any atom is 0.197 e. The molecule has 0 saturated carbocycles. The molecule has 0 amide bonds. The maximum absolute atomic E-state index is 10.5. The first kappa shape index (κ1) is 36.8. The number of aliphatic hydroxyl groups excluding tert-OH is 4. The van der Waals surface area contributed by atoms with Crippen molar-refractivity contribution in [2.24, 2.45) is 0 Å². The minimum Gasteiger partial charge on any atom is -0.491 e. The summed E-state index contributed by atoms with van der Waals surface area (Å²) in [5, 5.41) is 39.9. The van der Waals surface area contributed by atoms with E-state index in [4.69, 9.17) is 18.9 Å². The second kappa shape index (κ2) is 16.3. The summed E-state index contributed by atoms with van der Waals surface area (Å²) in [5.74, 6) is 2.51. The lowest BCUT2D eigenvalue weighted by Crippen LogP contribution is -2.23. The van der Waals surface area contributed by atoms with Crippen molar-refractivity contribution in [2.75, 3.05) is 13.2 Å². The normalized spacial score (nSPS) is 14.5. The van der Waals surface area contributed by atoms with Gasteiger partial charge in [-0.25, -0.2) is 0 Å². The molecule has 4 aromatic carbocycles. The van der Waals surface area contributed by atoms with E-state index in [1.807, 2.05) is 97.1 Å². The van der Waals surface area contributed by atoms with E-state index in [9.17, 15) is 20.4 Å². The molecule has 4 unspecified atom stereocenters. The molecule has 4 atom stereocenters. The average Bonchev–Trinajstić information content (AvgIpc) is 3.06. The van der Waals surface area contributed by atoms with Crippen LogP contribution in [-0.2, 0) is 10.8 Å². The van der Waals surface area contributed by atoms with Crippen LogP contribution in [-0.4, -0.2) is 58.4 Å². The molecule has 0 saturated heterocycles. The van der Waals surface area contributed by atoms with Gasteiger partial charge in [0.2, 0.25) is 0 Å². The van der Waals surface area contributed by atoms with Gasteiger partial charge in [-0.1, -0.05) is 76.2 Å². The third-order valence-corrected chi connectivity index (χ3v) is 8.56. The minimum absolute atomic E-state index is 0.0965. The van der Waals surface area contributed by atoms with Crippen molar-refractivity contribution >= 4 is 0 Å². The van der Waals surface area contributed by atoms with Crippen LogP contribution in [0.5, 0.6) is 23.0 Å². The van der Waals surface area contributed by atoms with Gasteiger partial charge in [-0.05, 0) is 91.1 Å². The van der Waals surface area contributed by atoms with Crippen LogP contribution in [0, 0.1) is 0 Å². The first-order chi connectivity index (χ1) is 22.7. The number of aliphatic hydroxyl groups is 4. The second-order valence-corrected chi connectivity index (χ2v) is 13.3. The van der Waals surface area contributed by atoms with Gasteiger partial charge in [-0.2, -0.15) is 0 Å². The number of rotatable bonds is 17. The Hall–Kier alpha value is -4.08. The topological polar surface area (TPSA) is 118 Å². The molecule has 4 rings (SSSR count). The van der Waals surface area contributed by atoms with Gasteiger partial charge < -0.3 is 39.4 Å². The fraction of sp³-hybridized carbons (Fsp3) is 0.400. The van der Waals surface area contributed by atoms with Crippen LogP contribution in [0.15, 0.2) is 97.1 Å². The number of ether oxygens (including phenoxy) is 4. The lowest BCUT2D eigenvalue weighted by atomic mass is 9.78. The summed E-state index contributed by atoms with van der Waals surface area (Å²) < 4.78 is 22.5. The fourth-order valence-corrected chi connectivity index (χ4v) is 5.41. The quantitative estimate of drug-likeness (QED) is 0.0923. The van der Waals surface area contributed by atoms with Crippen molar-refractivity contribution in [1.29, 1.82) is 0 Å². The van der Waals surface area contributed by atoms with Crippen LogP contribution < -0.4 is 18.9 Å². The molecule has 48 heavy (non-hydrogen) atoms. The highest BCUT2D eigenvalue weighted by atomic mass is 16.6. The Labute approximate surface area is 284 Å². The van der Waals surface area contributed by atoms with E-state index in [1.54, 1.807) is 13.8 Å². The van der Waals surface area contributed by atoms with Gasteiger partial charge in [-0.3, -0.25) is 0 Å². The van der Waals surface area contributed by atoms with Crippen molar-refractivity contribution in [3.05, 3.63) is 119 Å². The van der Waals surface area contributed by atoms with Crippen molar-refractivity contribution in [2.45, 2.75) is 90.0 Å². The Bertz CT molecular complexity index is 1530. The van der Waals surface area contributed by atoms with Crippen molar-refractivity contribution in [3.8, 4) is 23.0 Å². The van der Waals surface area contributed by atoms with Gasteiger partial charge in [-0.15, -0.1) is 0 Å². The molecule has 4 N–H and O–H groups in total. The summed E-state index contributed by atoms with van der Waals surface area (Å²) in [6.45, 7) is 12.2. The van der Waals surface area contributed by atoms with E-state index in [0.717, 1.165) is 28.0 Å². The van der Waals surface area contributed by atoms with Gasteiger partial charge in [0.05, 0.1) is 12.2 Å². The molecule has 0 aliphatic carbocycles. The predicted octanol–water partition coefficient (Wildman–Crippen LogP) is 6.73. The molecule has 4 aromatic rings. The van der Waals surface area contributed by atoms with Crippen LogP contribution in [0.1, 0.15) is 76.6 Å². The van der Waals surface area contributed by atoms with Crippen LogP contribution in [0.3, 0.4) is 0 Å². The monoisotopic (exact) mass is 658 g/mol. The van der Waals surface area contributed by atoms with Crippen LogP contribution >= 0.6 is 0 Å².